The van der Waals surface area contributed by atoms with Gasteiger partial charge in [0.2, 0.25) is 0 Å². The van der Waals surface area contributed by atoms with E-state index in [1.54, 1.807) is 12.1 Å². The number of hydrazone groups is 1. The van der Waals surface area contributed by atoms with Crippen molar-refractivity contribution in [1.82, 2.24) is 5.01 Å². The molecule has 7 nitrogen and oxygen atoms in total. The quantitative estimate of drug-likeness (QED) is 0.419. The number of ether oxygens (including phenoxy) is 2. The first-order valence-corrected chi connectivity index (χ1v) is 7.40. The van der Waals surface area contributed by atoms with Crippen molar-refractivity contribution in [2.75, 3.05) is 13.2 Å². The minimum atomic E-state index is -0.560. The maximum Gasteiger partial charge on any atom is 0.430 e. The summed E-state index contributed by atoms with van der Waals surface area (Å²) in [4.78, 5) is 23.1. The molecular weight excluding hydrogens is 288 g/mol. The number of cyclic esters (lactones) is 1. The minimum Gasteiger partial charge on any atom is -0.463 e. The van der Waals surface area contributed by atoms with Crippen LogP contribution in [0.4, 0.5) is 4.79 Å². The molecule has 2 rings (SSSR count). The van der Waals surface area contributed by atoms with Crippen LogP contribution in [0.3, 0.4) is 0 Å². The Labute approximate surface area is 128 Å². The highest BCUT2D eigenvalue weighted by Gasteiger charge is 2.32. The number of furan rings is 1. The molecule has 0 aliphatic carbocycles. The first-order chi connectivity index (χ1) is 10.7. The highest BCUT2D eigenvalue weighted by Crippen LogP contribution is 2.13. The third-order valence-electron chi connectivity index (χ3n) is 3.14. The molecule has 0 radical (unpaired) electrons. The topological polar surface area (TPSA) is 81.3 Å². The second kappa shape index (κ2) is 8.21. The summed E-state index contributed by atoms with van der Waals surface area (Å²) in [6.45, 7) is 2.38. The summed E-state index contributed by atoms with van der Waals surface area (Å²) < 4.78 is 15.3. The molecule has 1 aromatic rings. The maximum atomic E-state index is 11.6. The van der Waals surface area contributed by atoms with Gasteiger partial charge in [-0.1, -0.05) is 19.8 Å². The van der Waals surface area contributed by atoms with Gasteiger partial charge in [-0.05, 0) is 18.6 Å². The van der Waals surface area contributed by atoms with Gasteiger partial charge in [0.05, 0.1) is 19.0 Å². The molecular formula is C15H20N2O5. The molecule has 0 bridgehead atoms. The van der Waals surface area contributed by atoms with Gasteiger partial charge in [0.15, 0.2) is 6.10 Å². The molecule has 1 atom stereocenters. The molecule has 0 saturated carbocycles. The van der Waals surface area contributed by atoms with Crippen LogP contribution in [0.25, 0.3) is 0 Å². The van der Waals surface area contributed by atoms with Gasteiger partial charge in [-0.15, -0.1) is 0 Å². The Hall–Kier alpha value is -2.31. The number of amides is 1. The van der Waals surface area contributed by atoms with Crippen LogP contribution in [-0.2, 0) is 14.3 Å². The van der Waals surface area contributed by atoms with Crippen LogP contribution in [0.15, 0.2) is 27.9 Å². The monoisotopic (exact) mass is 308 g/mol. The van der Waals surface area contributed by atoms with Crippen molar-refractivity contribution in [3.8, 4) is 0 Å². The smallest absolute Gasteiger partial charge is 0.430 e. The predicted octanol–water partition coefficient (Wildman–Crippen LogP) is 2.56. The fourth-order valence-electron chi connectivity index (χ4n) is 1.96. The van der Waals surface area contributed by atoms with E-state index >= 15 is 0 Å². The lowest BCUT2D eigenvalue weighted by molar-refractivity contribution is -0.146. The molecule has 0 N–H and O–H groups in total. The Morgan fingerprint density at radius 1 is 1.55 bits per heavy atom. The predicted molar refractivity (Wildman–Crippen MR) is 78.4 cm³/mol. The van der Waals surface area contributed by atoms with Crippen molar-refractivity contribution in [3.05, 3.63) is 24.2 Å². The standard InChI is InChI=1S/C15H20N2O5/c1-2-3-4-7-14(18)21-11-13-10-17(15(19)22-13)16-9-12-6-5-8-20-12/h5-6,8-9,13H,2-4,7,10-11H2,1H3. The van der Waals surface area contributed by atoms with Gasteiger partial charge in [0.1, 0.15) is 12.4 Å². The first kappa shape index (κ1) is 16.1. The number of unbranched alkanes of at least 4 members (excludes halogenated alkanes) is 2. The zero-order chi connectivity index (χ0) is 15.8. The molecule has 7 heteroatoms. The average Bonchev–Trinajstić information content (AvgIpc) is 3.13. The zero-order valence-corrected chi connectivity index (χ0v) is 12.6. The number of carbonyl (C=O) groups excluding carboxylic acids is 2. The lowest BCUT2D eigenvalue weighted by atomic mass is 10.2. The highest BCUT2D eigenvalue weighted by atomic mass is 16.6. The van der Waals surface area contributed by atoms with Crippen molar-refractivity contribution in [2.45, 2.75) is 38.7 Å². The third kappa shape index (κ3) is 4.91. The Bertz CT molecular complexity index is 512. The number of rotatable bonds is 8. The van der Waals surface area contributed by atoms with Gasteiger partial charge in [-0.3, -0.25) is 4.79 Å². The number of hydrogen-bond acceptors (Lipinski definition) is 6. The van der Waals surface area contributed by atoms with E-state index in [0.717, 1.165) is 19.3 Å². The molecule has 1 aromatic heterocycles. The molecule has 1 aliphatic heterocycles. The molecule has 0 spiro atoms. The highest BCUT2D eigenvalue weighted by molar-refractivity contribution is 5.78. The van der Waals surface area contributed by atoms with Crippen LogP contribution in [-0.4, -0.2) is 42.5 Å². The van der Waals surface area contributed by atoms with E-state index in [0.29, 0.717) is 12.2 Å². The van der Waals surface area contributed by atoms with Gasteiger partial charge in [0, 0.05) is 6.42 Å². The van der Waals surface area contributed by atoms with Crippen molar-refractivity contribution < 1.29 is 23.5 Å². The van der Waals surface area contributed by atoms with Crippen molar-refractivity contribution in [2.24, 2.45) is 5.10 Å². The fraction of sp³-hybridized carbons (Fsp3) is 0.533. The molecule has 0 aromatic carbocycles. The summed E-state index contributed by atoms with van der Waals surface area (Å²) in [5.74, 6) is 0.278. The molecule has 1 amide bonds. The van der Waals surface area contributed by atoms with Gasteiger partial charge < -0.3 is 13.9 Å². The van der Waals surface area contributed by atoms with Crippen molar-refractivity contribution in [1.29, 1.82) is 0 Å². The van der Waals surface area contributed by atoms with Crippen molar-refractivity contribution in [3.63, 3.8) is 0 Å². The summed E-state index contributed by atoms with van der Waals surface area (Å²) >= 11 is 0. The summed E-state index contributed by atoms with van der Waals surface area (Å²) in [5, 5.41) is 5.16. The van der Waals surface area contributed by atoms with E-state index in [-0.39, 0.29) is 19.1 Å². The van der Waals surface area contributed by atoms with E-state index in [9.17, 15) is 9.59 Å². The van der Waals surface area contributed by atoms with E-state index in [2.05, 4.69) is 12.0 Å². The normalized spacial score (nSPS) is 18.0. The van der Waals surface area contributed by atoms with Crippen molar-refractivity contribution >= 4 is 18.3 Å². The molecule has 1 unspecified atom stereocenters. The molecule has 1 aliphatic rings. The Morgan fingerprint density at radius 3 is 3.14 bits per heavy atom. The Kier molecular flexibility index (Phi) is 6.00. The molecule has 1 saturated heterocycles. The molecule has 22 heavy (non-hydrogen) atoms. The van der Waals surface area contributed by atoms with Crippen LogP contribution < -0.4 is 0 Å². The van der Waals surface area contributed by atoms with Gasteiger partial charge in [-0.2, -0.15) is 10.1 Å². The largest absolute Gasteiger partial charge is 0.463 e. The Balaban J connectivity index is 1.71. The van der Waals surface area contributed by atoms with Crippen LogP contribution >= 0.6 is 0 Å². The second-order valence-electron chi connectivity index (χ2n) is 4.99. The lowest BCUT2D eigenvalue weighted by Crippen LogP contribution is -2.23. The average molecular weight is 308 g/mol. The van der Waals surface area contributed by atoms with Crippen LogP contribution in [0.2, 0.25) is 0 Å². The third-order valence-corrected chi connectivity index (χ3v) is 3.14. The molecule has 120 valence electrons. The molecule has 1 fully saturated rings. The number of nitrogens with zero attached hydrogens (tertiary/aromatic N) is 2. The van der Waals surface area contributed by atoms with E-state index in [1.807, 2.05) is 0 Å². The fourth-order valence-corrected chi connectivity index (χ4v) is 1.96. The minimum absolute atomic E-state index is 0.0590. The van der Waals surface area contributed by atoms with E-state index in [4.69, 9.17) is 13.9 Å². The number of carbonyl (C=O) groups is 2. The Morgan fingerprint density at radius 2 is 2.41 bits per heavy atom. The summed E-state index contributed by atoms with van der Waals surface area (Å²) in [6.07, 6.45) is 5.17. The van der Waals surface area contributed by atoms with Crippen LogP contribution in [0.1, 0.15) is 38.4 Å². The van der Waals surface area contributed by atoms with Crippen LogP contribution in [0, 0.1) is 0 Å². The summed E-state index contributed by atoms with van der Waals surface area (Å²) in [5.41, 5.74) is 0. The second-order valence-corrected chi connectivity index (χ2v) is 4.99. The first-order valence-electron chi connectivity index (χ1n) is 7.40. The maximum absolute atomic E-state index is 11.6. The van der Waals surface area contributed by atoms with E-state index < -0.39 is 12.2 Å². The van der Waals surface area contributed by atoms with Gasteiger partial charge >= 0.3 is 12.1 Å². The number of esters is 1. The van der Waals surface area contributed by atoms with Crippen LogP contribution in [0.5, 0.6) is 0 Å². The van der Waals surface area contributed by atoms with Gasteiger partial charge in [0.25, 0.3) is 0 Å². The summed E-state index contributed by atoms with van der Waals surface area (Å²) in [6, 6.07) is 3.45. The molecule has 2 heterocycles. The lowest BCUT2D eigenvalue weighted by Gasteiger charge is -2.08. The number of hydrogen-bond donors (Lipinski definition) is 0. The summed E-state index contributed by atoms with van der Waals surface area (Å²) in [7, 11) is 0. The van der Waals surface area contributed by atoms with E-state index in [1.165, 1.54) is 17.5 Å². The van der Waals surface area contributed by atoms with Gasteiger partial charge in [-0.25, -0.2) is 4.79 Å². The SMILES string of the molecule is CCCCCC(=O)OCC1CN(N=Cc2ccco2)C(=O)O1. The zero-order valence-electron chi connectivity index (χ0n) is 12.6.